The van der Waals surface area contributed by atoms with Gasteiger partial charge in [0.05, 0.1) is 18.8 Å². The normalized spacial score (nSPS) is 15.2. The van der Waals surface area contributed by atoms with Crippen LogP contribution in [0, 0.1) is 5.82 Å². The molecule has 0 saturated carbocycles. The van der Waals surface area contributed by atoms with Gasteiger partial charge in [-0.15, -0.1) is 0 Å². The van der Waals surface area contributed by atoms with E-state index in [-0.39, 0.29) is 17.8 Å². The molecule has 1 amide bonds. The summed E-state index contributed by atoms with van der Waals surface area (Å²) in [5.41, 5.74) is 2.59. The summed E-state index contributed by atoms with van der Waals surface area (Å²) in [6, 6.07) is 17.6. The van der Waals surface area contributed by atoms with Crippen molar-refractivity contribution in [3.8, 4) is 5.75 Å². The number of hydrogen-bond acceptors (Lipinski definition) is 5. The molecule has 0 unspecified atom stereocenters. The highest BCUT2D eigenvalue weighted by atomic mass is 19.1. The van der Waals surface area contributed by atoms with Crippen LogP contribution in [0.1, 0.15) is 22.0 Å². The van der Waals surface area contributed by atoms with Crippen molar-refractivity contribution >= 4 is 11.6 Å². The van der Waals surface area contributed by atoms with Crippen LogP contribution in [0.4, 0.5) is 10.1 Å². The number of pyridine rings is 1. The van der Waals surface area contributed by atoms with Crippen molar-refractivity contribution < 1.29 is 13.9 Å². The number of para-hydroxylation sites is 2. The fraction of sp³-hybridized carbons (Fsp3) is 0.280. The predicted octanol–water partition coefficient (Wildman–Crippen LogP) is 3.52. The van der Waals surface area contributed by atoms with E-state index in [0.29, 0.717) is 12.1 Å². The van der Waals surface area contributed by atoms with E-state index in [4.69, 9.17) is 4.74 Å². The lowest BCUT2D eigenvalue weighted by Gasteiger charge is -2.40. The van der Waals surface area contributed by atoms with Crippen molar-refractivity contribution in [2.24, 2.45) is 0 Å². The van der Waals surface area contributed by atoms with E-state index in [9.17, 15) is 9.18 Å². The Kier molecular flexibility index (Phi) is 6.97. The molecule has 0 spiro atoms. The van der Waals surface area contributed by atoms with Gasteiger partial charge in [0.15, 0.2) is 0 Å². The highest BCUT2D eigenvalue weighted by molar-refractivity contribution is 5.94. The van der Waals surface area contributed by atoms with Crippen LogP contribution in [0.15, 0.2) is 73.1 Å². The maximum absolute atomic E-state index is 13.2. The molecule has 1 atom stereocenters. The third-order valence-electron chi connectivity index (χ3n) is 5.81. The fourth-order valence-corrected chi connectivity index (χ4v) is 4.09. The first-order chi connectivity index (χ1) is 15.7. The van der Waals surface area contributed by atoms with Gasteiger partial charge in [-0.3, -0.25) is 14.7 Å². The number of anilines is 1. The van der Waals surface area contributed by atoms with Crippen molar-refractivity contribution in [3.63, 3.8) is 0 Å². The summed E-state index contributed by atoms with van der Waals surface area (Å²) in [6.45, 7) is 3.82. The summed E-state index contributed by atoms with van der Waals surface area (Å²) < 4.78 is 18.7. The third-order valence-corrected chi connectivity index (χ3v) is 5.81. The molecule has 1 aromatic heterocycles. The largest absolute Gasteiger partial charge is 0.495 e. The van der Waals surface area contributed by atoms with Gasteiger partial charge >= 0.3 is 0 Å². The van der Waals surface area contributed by atoms with Crippen molar-refractivity contribution in [1.82, 2.24) is 15.2 Å². The van der Waals surface area contributed by atoms with Gasteiger partial charge in [-0.05, 0) is 48.0 Å². The SMILES string of the molecule is COc1ccccc1N1CCN([C@@H](CNC(=O)c2ccc(F)cc2)c2cccnc2)CC1. The number of rotatable bonds is 7. The van der Waals surface area contributed by atoms with Gasteiger partial charge in [-0.25, -0.2) is 4.39 Å². The Morgan fingerprint density at radius 2 is 1.81 bits per heavy atom. The summed E-state index contributed by atoms with van der Waals surface area (Å²) in [5.74, 6) is 0.297. The molecule has 1 fully saturated rings. The molecule has 32 heavy (non-hydrogen) atoms. The molecule has 0 bridgehead atoms. The molecule has 6 nitrogen and oxygen atoms in total. The van der Waals surface area contributed by atoms with E-state index in [1.807, 2.05) is 36.5 Å². The molecule has 7 heteroatoms. The minimum Gasteiger partial charge on any atom is -0.495 e. The summed E-state index contributed by atoms with van der Waals surface area (Å²) in [6.07, 6.45) is 3.60. The number of hydrogen-bond donors (Lipinski definition) is 1. The minimum atomic E-state index is -0.359. The van der Waals surface area contributed by atoms with Crippen LogP contribution in [0.25, 0.3) is 0 Å². The fourth-order valence-electron chi connectivity index (χ4n) is 4.09. The topological polar surface area (TPSA) is 57.7 Å². The Hall–Kier alpha value is -3.45. The number of nitrogens with zero attached hydrogens (tertiary/aromatic N) is 3. The number of carbonyl (C=O) groups excluding carboxylic acids is 1. The van der Waals surface area contributed by atoms with E-state index in [1.54, 1.807) is 13.3 Å². The average Bonchev–Trinajstić information content (AvgIpc) is 2.85. The van der Waals surface area contributed by atoms with E-state index >= 15 is 0 Å². The van der Waals surface area contributed by atoms with Crippen LogP contribution in [-0.4, -0.2) is 55.6 Å². The summed E-state index contributed by atoms with van der Waals surface area (Å²) in [4.78, 5) is 21.6. The highest BCUT2D eigenvalue weighted by Gasteiger charge is 2.27. The molecule has 4 rings (SSSR count). The van der Waals surface area contributed by atoms with E-state index < -0.39 is 0 Å². The second-order valence-electron chi connectivity index (χ2n) is 7.71. The second-order valence-corrected chi connectivity index (χ2v) is 7.71. The van der Waals surface area contributed by atoms with Crippen molar-refractivity contribution in [2.45, 2.75) is 6.04 Å². The lowest BCUT2D eigenvalue weighted by Crippen LogP contribution is -2.50. The van der Waals surface area contributed by atoms with Crippen molar-refractivity contribution in [2.75, 3.05) is 44.7 Å². The van der Waals surface area contributed by atoms with Gasteiger partial charge in [0.2, 0.25) is 0 Å². The standard InChI is InChI=1S/C25H27FN4O2/c1-32-24-7-3-2-6-22(24)29-13-15-30(16-14-29)23(20-5-4-12-27-17-20)18-28-25(31)19-8-10-21(26)11-9-19/h2-12,17,23H,13-16,18H2,1H3,(H,28,31)/t23-/m0/s1. The molecular formula is C25H27FN4O2. The number of benzene rings is 2. The first-order valence-corrected chi connectivity index (χ1v) is 10.7. The third kappa shape index (κ3) is 5.06. The van der Waals surface area contributed by atoms with Crippen LogP contribution in [-0.2, 0) is 0 Å². The molecule has 3 aromatic rings. The number of carbonyl (C=O) groups is 1. The Balaban J connectivity index is 1.44. The van der Waals surface area contributed by atoms with Gasteiger partial charge < -0.3 is 15.0 Å². The minimum absolute atomic E-state index is 0.00656. The maximum Gasteiger partial charge on any atom is 0.251 e. The Labute approximate surface area is 187 Å². The molecule has 1 aliphatic heterocycles. The van der Waals surface area contributed by atoms with Crippen LogP contribution in [0.3, 0.4) is 0 Å². The van der Waals surface area contributed by atoms with Crippen molar-refractivity contribution in [3.05, 3.63) is 90.0 Å². The molecular weight excluding hydrogens is 407 g/mol. The van der Waals surface area contributed by atoms with E-state index in [1.165, 1.54) is 24.3 Å². The van der Waals surface area contributed by atoms with Crippen LogP contribution in [0.2, 0.25) is 0 Å². The average molecular weight is 435 g/mol. The van der Waals surface area contributed by atoms with Crippen LogP contribution < -0.4 is 15.0 Å². The number of aromatic nitrogens is 1. The van der Waals surface area contributed by atoms with Gasteiger partial charge in [0, 0.05) is 50.7 Å². The van der Waals surface area contributed by atoms with Crippen molar-refractivity contribution in [1.29, 1.82) is 0 Å². The zero-order valence-corrected chi connectivity index (χ0v) is 18.1. The number of piperazine rings is 1. The van der Waals surface area contributed by atoms with Gasteiger partial charge in [0.1, 0.15) is 11.6 Å². The maximum atomic E-state index is 13.2. The summed E-state index contributed by atoms with van der Waals surface area (Å²) in [7, 11) is 1.69. The van der Waals surface area contributed by atoms with Crippen LogP contribution in [0.5, 0.6) is 5.75 Å². The second kappa shape index (κ2) is 10.2. The Bertz CT molecular complexity index is 1020. The molecule has 0 radical (unpaired) electrons. The van der Waals surface area contributed by atoms with E-state index in [0.717, 1.165) is 43.2 Å². The summed E-state index contributed by atoms with van der Waals surface area (Å²) in [5, 5.41) is 3.01. The lowest BCUT2D eigenvalue weighted by molar-refractivity contribution is 0.0930. The molecule has 2 heterocycles. The number of methoxy groups -OCH3 is 1. The monoisotopic (exact) mass is 434 g/mol. The van der Waals surface area contributed by atoms with Gasteiger partial charge in [-0.2, -0.15) is 0 Å². The summed E-state index contributed by atoms with van der Waals surface area (Å²) >= 11 is 0. The van der Waals surface area contributed by atoms with Gasteiger partial charge in [-0.1, -0.05) is 18.2 Å². The first-order valence-electron chi connectivity index (χ1n) is 10.7. The lowest BCUT2D eigenvalue weighted by atomic mass is 10.1. The molecule has 2 aromatic carbocycles. The highest BCUT2D eigenvalue weighted by Crippen LogP contribution is 2.30. The van der Waals surface area contributed by atoms with Gasteiger partial charge in [0.25, 0.3) is 5.91 Å². The molecule has 0 aliphatic carbocycles. The molecule has 1 N–H and O–H groups in total. The first kappa shape index (κ1) is 21.8. The Morgan fingerprint density at radius 3 is 2.50 bits per heavy atom. The quantitative estimate of drug-likeness (QED) is 0.617. The predicted molar refractivity (Wildman–Crippen MR) is 122 cm³/mol. The number of nitrogens with one attached hydrogen (secondary N) is 1. The van der Waals surface area contributed by atoms with Crippen LogP contribution >= 0.6 is 0 Å². The number of amides is 1. The zero-order valence-electron chi connectivity index (χ0n) is 18.1. The zero-order chi connectivity index (χ0) is 22.3. The number of halogens is 1. The number of ether oxygens (including phenoxy) is 1. The Morgan fingerprint density at radius 1 is 1.06 bits per heavy atom. The molecule has 1 saturated heterocycles. The van der Waals surface area contributed by atoms with E-state index in [2.05, 4.69) is 26.2 Å². The molecule has 166 valence electrons. The molecule has 1 aliphatic rings. The smallest absolute Gasteiger partial charge is 0.251 e.